The number of Topliss-reactive ketones (excluding diaryl/α,β-unsaturated/α-hetero) is 1. The van der Waals surface area contributed by atoms with Crippen molar-refractivity contribution in [3.63, 3.8) is 0 Å². The Hall–Kier alpha value is -1.55. The molecular formula is C18H19Cl2NO2. The van der Waals surface area contributed by atoms with Gasteiger partial charge >= 0.3 is 0 Å². The van der Waals surface area contributed by atoms with Gasteiger partial charge in [-0.1, -0.05) is 35.9 Å². The van der Waals surface area contributed by atoms with Gasteiger partial charge in [0.25, 0.3) is 0 Å². The van der Waals surface area contributed by atoms with Gasteiger partial charge < -0.3 is 9.64 Å². The molecule has 1 aliphatic rings. The van der Waals surface area contributed by atoms with E-state index in [2.05, 4.69) is 0 Å². The predicted molar refractivity (Wildman–Crippen MR) is 94.9 cm³/mol. The highest BCUT2D eigenvalue weighted by Gasteiger charge is 2.38. The molecule has 0 spiro atoms. The Morgan fingerprint density at radius 1 is 1.13 bits per heavy atom. The Balaban J connectivity index is 0.00000192. The number of hydrogen-bond donors (Lipinski definition) is 0. The zero-order chi connectivity index (χ0) is 15.7. The van der Waals surface area contributed by atoms with Gasteiger partial charge in [0.15, 0.2) is 5.78 Å². The summed E-state index contributed by atoms with van der Waals surface area (Å²) in [6.45, 7) is 0.629. The number of para-hydroxylation sites is 1. The highest BCUT2D eigenvalue weighted by molar-refractivity contribution is 6.30. The van der Waals surface area contributed by atoms with Gasteiger partial charge in [-0.15, -0.1) is 12.4 Å². The molecule has 0 N–H and O–H groups in total. The van der Waals surface area contributed by atoms with Crippen LogP contribution in [0.4, 0.5) is 0 Å². The maximum atomic E-state index is 12.9. The van der Waals surface area contributed by atoms with Crippen molar-refractivity contribution in [1.29, 1.82) is 0 Å². The summed E-state index contributed by atoms with van der Waals surface area (Å²) in [6, 6.07) is 15.0. The van der Waals surface area contributed by atoms with Crippen LogP contribution in [-0.4, -0.2) is 31.3 Å². The molecule has 0 amide bonds. The van der Waals surface area contributed by atoms with Crippen LogP contribution in [0.5, 0.6) is 5.75 Å². The van der Waals surface area contributed by atoms with Crippen LogP contribution < -0.4 is 4.74 Å². The number of ketones is 1. The number of rotatable bonds is 3. The molecular weight excluding hydrogens is 333 g/mol. The average Bonchev–Trinajstić information content (AvgIpc) is 2.49. The Morgan fingerprint density at radius 2 is 1.87 bits per heavy atom. The highest BCUT2D eigenvalue weighted by atomic mass is 35.5. The van der Waals surface area contributed by atoms with Crippen LogP contribution >= 0.6 is 24.0 Å². The Bertz CT molecular complexity index is 703. The van der Waals surface area contributed by atoms with Gasteiger partial charge in [0.05, 0.1) is 11.5 Å². The molecule has 23 heavy (non-hydrogen) atoms. The molecule has 2 unspecified atom stereocenters. The minimum atomic E-state index is -0.316. The third-order valence-corrected chi connectivity index (χ3v) is 4.08. The van der Waals surface area contributed by atoms with Crippen LogP contribution in [0.3, 0.4) is 0 Å². The summed E-state index contributed by atoms with van der Waals surface area (Å²) in [7, 11) is 3.92. The van der Waals surface area contributed by atoms with Crippen molar-refractivity contribution in [3.05, 3.63) is 64.7 Å². The lowest BCUT2D eigenvalue weighted by atomic mass is 9.85. The first kappa shape index (κ1) is 17.8. The van der Waals surface area contributed by atoms with Crippen molar-refractivity contribution in [1.82, 2.24) is 4.90 Å². The molecule has 3 nitrogen and oxygen atoms in total. The molecule has 0 aromatic heterocycles. The molecule has 122 valence electrons. The van der Waals surface area contributed by atoms with E-state index in [-0.39, 0.29) is 30.2 Å². The first-order valence-corrected chi connectivity index (χ1v) is 7.64. The Kier molecular flexibility index (Phi) is 5.69. The second-order valence-electron chi connectivity index (χ2n) is 5.82. The molecule has 0 saturated carbocycles. The number of carbonyl (C=O) groups excluding carboxylic acids is 1. The molecule has 3 rings (SSSR count). The van der Waals surface area contributed by atoms with Crippen molar-refractivity contribution in [2.24, 2.45) is 5.92 Å². The quantitative estimate of drug-likeness (QED) is 0.827. The largest absolute Gasteiger partial charge is 0.484 e. The van der Waals surface area contributed by atoms with Crippen molar-refractivity contribution in [2.75, 3.05) is 20.6 Å². The minimum Gasteiger partial charge on any atom is -0.484 e. The molecule has 0 aliphatic carbocycles. The third kappa shape index (κ3) is 3.69. The van der Waals surface area contributed by atoms with Gasteiger partial charge in [-0.05, 0) is 43.9 Å². The zero-order valence-electron chi connectivity index (χ0n) is 13.0. The fourth-order valence-electron chi connectivity index (χ4n) is 2.89. The van der Waals surface area contributed by atoms with E-state index in [9.17, 15) is 4.79 Å². The summed E-state index contributed by atoms with van der Waals surface area (Å²) in [5.41, 5.74) is 1.59. The molecule has 0 radical (unpaired) electrons. The van der Waals surface area contributed by atoms with Crippen molar-refractivity contribution >= 4 is 29.8 Å². The van der Waals surface area contributed by atoms with E-state index in [1.54, 1.807) is 0 Å². The summed E-state index contributed by atoms with van der Waals surface area (Å²) in [6.07, 6.45) is -0.316. The predicted octanol–water partition coefficient (Wildman–Crippen LogP) is 4.26. The zero-order valence-corrected chi connectivity index (χ0v) is 14.6. The molecule has 2 aromatic carbocycles. The van der Waals surface area contributed by atoms with E-state index >= 15 is 0 Å². The molecule has 0 fully saturated rings. The van der Waals surface area contributed by atoms with E-state index in [0.29, 0.717) is 22.9 Å². The summed E-state index contributed by atoms with van der Waals surface area (Å²) in [5, 5.41) is 0.649. The molecule has 1 heterocycles. The number of ether oxygens (including phenoxy) is 1. The second kappa shape index (κ2) is 7.35. The van der Waals surface area contributed by atoms with Gasteiger partial charge in [0, 0.05) is 11.6 Å². The van der Waals surface area contributed by atoms with Crippen molar-refractivity contribution < 1.29 is 9.53 Å². The average molecular weight is 352 g/mol. The number of fused-ring (bicyclic) bond motifs is 1. The Labute approximate surface area is 147 Å². The maximum absolute atomic E-state index is 12.9. The highest BCUT2D eigenvalue weighted by Crippen LogP contribution is 2.39. The molecule has 0 saturated heterocycles. The number of nitrogens with zero attached hydrogens (tertiary/aromatic N) is 1. The van der Waals surface area contributed by atoms with Crippen LogP contribution in [0.15, 0.2) is 48.5 Å². The molecule has 1 aliphatic heterocycles. The lowest BCUT2D eigenvalue weighted by molar-refractivity contribution is 0.0594. The lowest BCUT2D eigenvalue weighted by Gasteiger charge is -2.34. The normalized spacial score (nSPS) is 19.7. The maximum Gasteiger partial charge on any atom is 0.175 e. The SMILES string of the molecule is CN(C)CC1C(=O)c2ccccc2OC1c1cccc(Cl)c1.Cl. The third-order valence-electron chi connectivity index (χ3n) is 3.85. The Morgan fingerprint density at radius 3 is 2.57 bits per heavy atom. The number of halogens is 2. The number of hydrogen-bond acceptors (Lipinski definition) is 3. The van der Waals surface area contributed by atoms with Gasteiger partial charge in [0.1, 0.15) is 11.9 Å². The van der Waals surface area contributed by atoms with E-state index in [1.807, 2.05) is 67.5 Å². The summed E-state index contributed by atoms with van der Waals surface area (Å²) < 4.78 is 6.15. The molecule has 5 heteroatoms. The fraction of sp³-hybridized carbons (Fsp3) is 0.278. The van der Waals surface area contributed by atoms with Gasteiger partial charge in [0.2, 0.25) is 0 Å². The first-order valence-electron chi connectivity index (χ1n) is 7.26. The van der Waals surface area contributed by atoms with Gasteiger partial charge in [-0.2, -0.15) is 0 Å². The van der Waals surface area contributed by atoms with Crippen LogP contribution in [0, 0.1) is 5.92 Å². The minimum absolute atomic E-state index is 0. The number of carbonyl (C=O) groups is 1. The number of benzene rings is 2. The van der Waals surface area contributed by atoms with Gasteiger partial charge in [-0.25, -0.2) is 0 Å². The molecule has 2 atom stereocenters. The second-order valence-corrected chi connectivity index (χ2v) is 6.26. The van der Waals surface area contributed by atoms with E-state index in [1.165, 1.54) is 0 Å². The monoisotopic (exact) mass is 351 g/mol. The summed E-state index contributed by atoms with van der Waals surface area (Å²) in [5.74, 6) is 0.524. The summed E-state index contributed by atoms with van der Waals surface area (Å²) >= 11 is 6.10. The van der Waals surface area contributed by atoms with E-state index < -0.39 is 0 Å². The van der Waals surface area contributed by atoms with E-state index in [4.69, 9.17) is 16.3 Å². The molecule has 0 bridgehead atoms. The van der Waals surface area contributed by atoms with Crippen molar-refractivity contribution in [2.45, 2.75) is 6.10 Å². The van der Waals surface area contributed by atoms with Crippen LogP contribution in [0.1, 0.15) is 22.0 Å². The van der Waals surface area contributed by atoms with E-state index in [0.717, 1.165) is 5.56 Å². The van der Waals surface area contributed by atoms with Crippen LogP contribution in [0.2, 0.25) is 5.02 Å². The smallest absolute Gasteiger partial charge is 0.175 e. The van der Waals surface area contributed by atoms with Crippen LogP contribution in [-0.2, 0) is 0 Å². The molecule has 2 aromatic rings. The summed E-state index contributed by atoms with van der Waals surface area (Å²) in [4.78, 5) is 14.9. The first-order chi connectivity index (χ1) is 10.6. The lowest BCUT2D eigenvalue weighted by Crippen LogP contribution is -2.38. The van der Waals surface area contributed by atoms with Crippen molar-refractivity contribution in [3.8, 4) is 5.75 Å². The fourth-order valence-corrected chi connectivity index (χ4v) is 3.08. The van der Waals surface area contributed by atoms with Crippen LogP contribution in [0.25, 0.3) is 0 Å². The topological polar surface area (TPSA) is 29.5 Å². The standard InChI is InChI=1S/C18H18ClNO2.ClH/c1-20(2)11-15-17(21)14-8-3-4-9-16(14)22-18(15)12-6-5-7-13(19)10-12;/h3-10,15,18H,11H2,1-2H3;1H. The van der Waals surface area contributed by atoms with Gasteiger partial charge in [-0.3, -0.25) is 4.79 Å².